The van der Waals surface area contributed by atoms with E-state index in [9.17, 15) is 4.79 Å². The molecule has 0 radical (unpaired) electrons. The highest BCUT2D eigenvalue weighted by atomic mass is 16.2. The number of aryl methyl sites for hydroxylation is 1. The van der Waals surface area contributed by atoms with Gasteiger partial charge in [0.2, 0.25) is 0 Å². The Morgan fingerprint density at radius 3 is 2.75 bits per heavy atom. The Labute approximate surface area is 119 Å². The van der Waals surface area contributed by atoms with Crippen LogP contribution < -0.4 is 10.6 Å². The number of nitrogens with one attached hydrogen (secondary N) is 2. The summed E-state index contributed by atoms with van der Waals surface area (Å²) in [6.07, 6.45) is 5.32. The molecule has 0 heterocycles. The zero-order valence-electron chi connectivity index (χ0n) is 11.3. The lowest BCUT2D eigenvalue weighted by Gasteiger charge is -2.09. The van der Waals surface area contributed by atoms with Gasteiger partial charge in [0.05, 0.1) is 0 Å². The summed E-state index contributed by atoms with van der Waals surface area (Å²) in [5, 5.41) is 5.58. The average molecular weight is 264 g/mol. The lowest BCUT2D eigenvalue weighted by atomic mass is 10.1. The molecule has 2 rings (SSSR count). The molecule has 0 aliphatic carbocycles. The highest BCUT2D eigenvalue weighted by molar-refractivity contribution is 5.89. The minimum Gasteiger partial charge on any atom is -0.334 e. The van der Waals surface area contributed by atoms with Gasteiger partial charge in [0.1, 0.15) is 0 Å². The van der Waals surface area contributed by atoms with Crippen molar-refractivity contribution in [1.82, 2.24) is 5.32 Å². The third-order valence-electron chi connectivity index (χ3n) is 2.99. The molecule has 0 atom stereocenters. The monoisotopic (exact) mass is 264 g/mol. The molecule has 0 aliphatic rings. The maximum Gasteiger partial charge on any atom is 0.319 e. The molecule has 2 aromatic carbocycles. The summed E-state index contributed by atoms with van der Waals surface area (Å²) in [5.41, 5.74) is 3.67. The summed E-state index contributed by atoms with van der Waals surface area (Å²) in [6, 6.07) is 14.9. The average Bonchev–Trinajstić information content (AvgIpc) is 2.46. The third-order valence-corrected chi connectivity index (χ3v) is 2.99. The number of rotatable bonds is 3. The Kier molecular flexibility index (Phi) is 4.41. The van der Waals surface area contributed by atoms with Crippen LogP contribution in [-0.2, 0) is 6.54 Å². The molecule has 0 saturated carbocycles. The minimum absolute atomic E-state index is 0.248. The van der Waals surface area contributed by atoms with Crippen molar-refractivity contribution < 1.29 is 4.79 Å². The van der Waals surface area contributed by atoms with E-state index in [1.807, 2.05) is 43.3 Å². The van der Waals surface area contributed by atoms with Gasteiger partial charge in [-0.2, -0.15) is 0 Å². The van der Waals surface area contributed by atoms with Crippen LogP contribution in [0.2, 0.25) is 0 Å². The van der Waals surface area contributed by atoms with Crippen LogP contribution >= 0.6 is 0 Å². The number of urea groups is 1. The van der Waals surface area contributed by atoms with Crippen molar-refractivity contribution in [3.8, 4) is 12.3 Å². The summed E-state index contributed by atoms with van der Waals surface area (Å²) in [4.78, 5) is 11.8. The molecular formula is C17H16N2O. The molecule has 0 spiro atoms. The highest BCUT2D eigenvalue weighted by Gasteiger charge is 2.03. The predicted molar refractivity (Wildman–Crippen MR) is 81.4 cm³/mol. The van der Waals surface area contributed by atoms with Crippen molar-refractivity contribution in [3.05, 3.63) is 65.2 Å². The Hall–Kier alpha value is -2.73. The summed E-state index contributed by atoms with van der Waals surface area (Å²) < 4.78 is 0. The molecule has 3 nitrogen and oxygen atoms in total. The SMILES string of the molecule is C#Cc1cccc(NC(=O)NCc2ccccc2C)c1. The molecule has 2 aromatic rings. The summed E-state index contributed by atoms with van der Waals surface area (Å²) in [6.45, 7) is 2.51. The van der Waals surface area contributed by atoms with Crippen molar-refractivity contribution in [1.29, 1.82) is 0 Å². The quantitative estimate of drug-likeness (QED) is 0.821. The summed E-state index contributed by atoms with van der Waals surface area (Å²) >= 11 is 0. The van der Waals surface area contributed by atoms with E-state index in [0.29, 0.717) is 12.2 Å². The third kappa shape index (κ3) is 3.63. The second kappa shape index (κ2) is 6.44. The van der Waals surface area contributed by atoms with Crippen LogP contribution in [0.3, 0.4) is 0 Å². The first-order valence-corrected chi connectivity index (χ1v) is 6.35. The normalized spacial score (nSPS) is 9.60. The minimum atomic E-state index is -0.248. The fourth-order valence-corrected chi connectivity index (χ4v) is 1.85. The molecule has 100 valence electrons. The van der Waals surface area contributed by atoms with E-state index in [2.05, 4.69) is 16.6 Å². The molecule has 2 N–H and O–H groups in total. The van der Waals surface area contributed by atoms with E-state index in [0.717, 1.165) is 16.7 Å². The predicted octanol–water partition coefficient (Wildman–Crippen LogP) is 3.30. The Morgan fingerprint density at radius 2 is 2.00 bits per heavy atom. The molecule has 0 fully saturated rings. The highest BCUT2D eigenvalue weighted by Crippen LogP contribution is 2.10. The van der Waals surface area contributed by atoms with Gasteiger partial charge in [-0.1, -0.05) is 36.3 Å². The maximum atomic E-state index is 11.8. The van der Waals surface area contributed by atoms with Gasteiger partial charge in [-0.25, -0.2) is 4.79 Å². The largest absolute Gasteiger partial charge is 0.334 e. The van der Waals surface area contributed by atoms with E-state index in [4.69, 9.17) is 6.42 Å². The molecule has 0 aromatic heterocycles. The van der Waals surface area contributed by atoms with Gasteiger partial charge in [0, 0.05) is 17.8 Å². The Balaban J connectivity index is 1.93. The van der Waals surface area contributed by atoms with Gasteiger partial charge in [0.15, 0.2) is 0 Å². The zero-order chi connectivity index (χ0) is 14.4. The number of terminal acetylenes is 1. The number of carbonyl (C=O) groups is 1. The van der Waals surface area contributed by atoms with Crippen LogP contribution in [-0.4, -0.2) is 6.03 Å². The molecule has 0 bridgehead atoms. The second-order valence-electron chi connectivity index (χ2n) is 4.46. The molecule has 0 aliphatic heterocycles. The van der Waals surface area contributed by atoms with Gasteiger partial charge in [-0.15, -0.1) is 6.42 Å². The van der Waals surface area contributed by atoms with Crippen molar-refractivity contribution in [2.24, 2.45) is 0 Å². The second-order valence-corrected chi connectivity index (χ2v) is 4.46. The number of anilines is 1. The van der Waals surface area contributed by atoms with Crippen LogP contribution in [0.4, 0.5) is 10.5 Å². The Bertz CT molecular complexity index is 656. The van der Waals surface area contributed by atoms with E-state index >= 15 is 0 Å². The van der Waals surface area contributed by atoms with Crippen LogP contribution in [0, 0.1) is 19.3 Å². The molecule has 2 amide bonds. The van der Waals surface area contributed by atoms with Crippen LogP contribution in [0.25, 0.3) is 0 Å². The summed E-state index contributed by atoms with van der Waals surface area (Å²) in [5.74, 6) is 2.53. The number of hydrogen-bond acceptors (Lipinski definition) is 1. The fraction of sp³-hybridized carbons (Fsp3) is 0.118. The first kappa shape index (κ1) is 13.7. The van der Waals surface area contributed by atoms with Crippen LogP contribution in [0.1, 0.15) is 16.7 Å². The molecule has 0 saturated heterocycles. The first-order chi connectivity index (χ1) is 9.69. The van der Waals surface area contributed by atoms with Crippen LogP contribution in [0.5, 0.6) is 0 Å². The van der Waals surface area contributed by atoms with Gasteiger partial charge in [-0.3, -0.25) is 0 Å². The van der Waals surface area contributed by atoms with Gasteiger partial charge in [-0.05, 0) is 36.2 Å². The Morgan fingerprint density at radius 1 is 1.20 bits per heavy atom. The standard InChI is InChI=1S/C17H16N2O/c1-3-14-8-6-10-16(11-14)19-17(20)18-12-15-9-5-4-7-13(15)2/h1,4-11H,12H2,2H3,(H2,18,19,20). The smallest absolute Gasteiger partial charge is 0.319 e. The molecule has 0 unspecified atom stereocenters. The number of benzene rings is 2. The van der Waals surface area contributed by atoms with Crippen LogP contribution in [0.15, 0.2) is 48.5 Å². The molecule has 20 heavy (non-hydrogen) atoms. The van der Waals surface area contributed by atoms with E-state index < -0.39 is 0 Å². The van der Waals surface area contributed by atoms with E-state index in [1.165, 1.54) is 0 Å². The van der Waals surface area contributed by atoms with Gasteiger partial charge >= 0.3 is 6.03 Å². The first-order valence-electron chi connectivity index (χ1n) is 6.35. The maximum absolute atomic E-state index is 11.8. The summed E-state index contributed by atoms with van der Waals surface area (Å²) in [7, 11) is 0. The van der Waals surface area contributed by atoms with Gasteiger partial charge < -0.3 is 10.6 Å². The molecule has 3 heteroatoms. The van der Waals surface area contributed by atoms with Crippen molar-refractivity contribution in [2.45, 2.75) is 13.5 Å². The van der Waals surface area contributed by atoms with E-state index in [1.54, 1.807) is 12.1 Å². The zero-order valence-corrected chi connectivity index (χ0v) is 11.3. The number of carbonyl (C=O) groups excluding carboxylic acids is 1. The number of hydrogen-bond donors (Lipinski definition) is 2. The number of amides is 2. The fourth-order valence-electron chi connectivity index (χ4n) is 1.85. The van der Waals surface area contributed by atoms with E-state index in [-0.39, 0.29) is 6.03 Å². The lowest BCUT2D eigenvalue weighted by molar-refractivity contribution is 0.251. The van der Waals surface area contributed by atoms with Gasteiger partial charge in [0.25, 0.3) is 0 Å². The van der Waals surface area contributed by atoms with Crippen molar-refractivity contribution in [3.63, 3.8) is 0 Å². The topological polar surface area (TPSA) is 41.1 Å². The van der Waals surface area contributed by atoms with Crippen molar-refractivity contribution in [2.75, 3.05) is 5.32 Å². The van der Waals surface area contributed by atoms with Crippen molar-refractivity contribution >= 4 is 11.7 Å². The lowest BCUT2D eigenvalue weighted by Crippen LogP contribution is -2.28. The molecular weight excluding hydrogens is 248 g/mol.